The van der Waals surface area contributed by atoms with E-state index in [9.17, 15) is 9.59 Å². The van der Waals surface area contributed by atoms with Gasteiger partial charge in [-0.1, -0.05) is 37.3 Å². The van der Waals surface area contributed by atoms with Crippen LogP contribution in [0.1, 0.15) is 52.1 Å². The maximum atomic E-state index is 13.0. The Morgan fingerprint density at radius 2 is 2.07 bits per heavy atom. The van der Waals surface area contributed by atoms with Crippen LogP contribution in [0.4, 0.5) is 0 Å². The van der Waals surface area contributed by atoms with E-state index >= 15 is 0 Å². The number of likely N-dealkylation sites (tertiary alicyclic amines) is 1. The molecule has 1 atom stereocenters. The van der Waals surface area contributed by atoms with E-state index < -0.39 is 0 Å². The highest BCUT2D eigenvalue weighted by Crippen LogP contribution is 2.25. The Hall–Kier alpha value is -2.21. The Balaban J connectivity index is 1.67. The first kappa shape index (κ1) is 19.5. The second kappa shape index (κ2) is 9.13. The SMILES string of the molecule is CCCNC(=O)C1CCCN(C(=O)c2sc(Cc3ccccc3)nc2C)C1. The van der Waals surface area contributed by atoms with Crippen molar-refractivity contribution >= 4 is 23.2 Å². The predicted molar refractivity (Wildman–Crippen MR) is 108 cm³/mol. The summed E-state index contributed by atoms with van der Waals surface area (Å²) in [4.78, 5) is 32.4. The van der Waals surface area contributed by atoms with Gasteiger partial charge in [-0.2, -0.15) is 0 Å². The van der Waals surface area contributed by atoms with Crippen molar-refractivity contribution in [3.05, 3.63) is 51.5 Å². The van der Waals surface area contributed by atoms with E-state index in [1.165, 1.54) is 16.9 Å². The van der Waals surface area contributed by atoms with Crippen LogP contribution in [0.15, 0.2) is 30.3 Å². The summed E-state index contributed by atoms with van der Waals surface area (Å²) in [6.45, 7) is 5.84. The topological polar surface area (TPSA) is 62.3 Å². The second-order valence-corrected chi connectivity index (χ2v) is 8.15. The van der Waals surface area contributed by atoms with Crippen LogP contribution in [0.5, 0.6) is 0 Å². The Kier molecular flexibility index (Phi) is 6.61. The van der Waals surface area contributed by atoms with Crippen LogP contribution in [0.3, 0.4) is 0 Å². The second-order valence-electron chi connectivity index (χ2n) is 7.07. The summed E-state index contributed by atoms with van der Waals surface area (Å²) in [6.07, 6.45) is 3.37. The maximum absolute atomic E-state index is 13.0. The molecule has 2 amide bonds. The number of piperidine rings is 1. The van der Waals surface area contributed by atoms with Crippen LogP contribution in [0.25, 0.3) is 0 Å². The summed E-state index contributed by atoms with van der Waals surface area (Å²) in [5.41, 5.74) is 1.98. The fourth-order valence-corrected chi connectivity index (χ4v) is 4.48. The fraction of sp³-hybridized carbons (Fsp3) is 0.476. The zero-order valence-corrected chi connectivity index (χ0v) is 16.8. The van der Waals surface area contributed by atoms with E-state index in [1.54, 1.807) is 0 Å². The number of benzene rings is 1. The molecule has 0 bridgehead atoms. The van der Waals surface area contributed by atoms with Crippen LogP contribution in [-0.4, -0.2) is 41.3 Å². The minimum Gasteiger partial charge on any atom is -0.356 e. The number of hydrogen-bond acceptors (Lipinski definition) is 4. The summed E-state index contributed by atoms with van der Waals surface area (Å²) in [6, 6.07) is 10.2. The van der Waals surface area contributed by atoms with E-state index in [4.69, 9.17) is 0 Å². The summed E-state index contributed by atoms with van der Waals surface area (Å²) in [5, 5.41) is 3.91. The average Bonchev–Trinajstić information content (AvgIpc) is 3.06. The highest BCUT2D eigenvalue weighted by atomic mass is 32.1. The Labute approximate surface area is 164 Å². The van der Waals surface area contributed by atoms with Gasteiger partial charge < -0.3 is 10.2 Å². The van der Waals surface area contributed by atoms with Crippen LogP contribution in [0, 0.1) is 12.8 Å². The average molecular weight is 386 g/mol. The number of nitrogens with one attached hydrogen (secondary N) is 1. The molecule has 0 radical (unpaired) electrons. The van der Waals surface area contributed by atoms with Gasteiger partial charge >= 0.3 is 0 Å². The number of carbonyl (C=O) groups is 2. The number of aryl methyl sites for hydroxylation is 1. The van der Waals surface area contributed by atoms with Crippen molar-refractivity contribution in [2.24, 2.45) is 5.92 Å². The maximum Gasteiger partial charge on any atom is 0.265 e. The number of aromatic nitrogens is 1. The fourth-order valence-electron chi connectivity index (χ4n) is 3.41. The Bertz CT molecular complexity index is 788. The van der Waals surface area contributed by atoms with Crippen molar-refractivity contribution in [1.82, 2.24) is 15.2 Å². The Morgan fingerprint density at radius 3 is 2.81 bits per heavy atom. The molecule has 0 saturated carbocycles. The van der Waals surface area contributed by atoms with Gasteiger partial charge in [-0.25, -0.2) is 4.98 Å². The number of amides is 2. The number of nitrogens with zero attached hydrogens (tertiary/aromatic N) is 2. The van der Waals surface area contributed by atoms with Crippen molar-refractivity contribution in [1.29, 1.82) is 0 Å². The van der Waals surface area contributed by atoms with Gasteiger partial charge in [-0.15, -0.1) is 11.3 Å². The smallest absolute Gasteiger partial charge is 0.265 e. The molecule has 0 spiro atoms. The molecule has 1 aliphatic heterocycles. The first-order valence-corrected chi connectivity index (χ1v) is 10.5. The summed E-state index contributed by atoms with van der Waals surface area (Å²) < 4.78 is 0. The monoisotopic (exact) mass is 385 g/mol. The van der Waals surface area contributed by atoms with Gasteiger partial charge in [0.25, 0.3) is 5.91 Å². The zero-order chi connectivity index (χ0) is 19.2. The molecule has 1 saturated heterocycles. The molecule has 5 nitrogen and oxygen atoms in total. The van der Waals surface area contributed by atoms with Crippen molar-refractivity contribution in [3.63, 3.8) is 0 Å². The standard InChI is InChI=1S/C21H27N3O2S/c1-3-11-22-20(25)17-10-7-12-24(14-17)21(26)19-15(2)23-18(27-19)13-16-8-5-4-6-9-16/h4-6,8-9,17H,3,7,10-14H2,1-2H3,(H,22,25). The molecule has 1 N–H and O–H groups in total. The van der Waals surface area contributed by atoms with Crippen LogP contribution >= 0.6 is 11.3 Å². The predicted octanol–water partition coefficient (Wildman–Crippen LogP) is 3.42. The van der Waals surface area contributed by atoms with Crippen LogP contribution in [-0.2, 0) is 11.2 Å². The molecule has 1 aromatic heterocycles. The lowest BCUT2D eigenvalue weighted by molar-refractivity contribution is -0.126. The van der Waals surface area contributed by atoms with E-state index in [1.807, 2.05) is 36.9 Å². The van der Waals surface area contributed by atoms with Gasteiger partial charge in [0.15, 0.2) is 0 Å². The van der Waals surface area contributed by atoms with E-state index in [0.717, 1.165) is 36.4 Å². The molecule has 1 aliphatic rings. The molecule has 6 heteroatoms. The third-order valence-corrected chi connectivity index (χ3v) is 6.01. The van der Waals surface area contributed by atoms with Gasteiger partial charge in [-0.3, -0.25) is 9.59 Å². The molecular formula is C21H27N3O2S. The largest absolute Gasteiger partial charge is 0.356 e. The molecule has 2 heterocycles. The Morgan fingerprint density at radius 1 is 1.30 bits per heavy atom. The molecule has 1 aromatic carbocycles. The highest BCUT2D eigenvalue weighted by molar-refractivity contribution is 7.13. The zero-order valence-electron chi connectivity index (χ0n) is 16.0. The van der Waals surface area contributed by atoms with Gasteiger partial charge in [0.2, 0.25) is 5.91 Å². The molecule has 1 unspecified atom stereocenters. The summed E-state index contributed by atoms with van der Waals surface area (Å²) in [7, 11) is 0. The highest BCUT2D eigenvalue weighted by Gasteiger charge is 2.30. The molecule has 144 valence electrons. The van der Waals surface area contributed by atoms with E-state index in [2.05, 4.69) is 22.4 Å². The molecule has 2 aromatic rings. The normalized spacial score (nSPS) is 17.0. The molecular weight excluding hydrogens is 358 g/mol. The van der Waals surface area contributed by atoms with E-state index in [-0.39, 0.29) is 17.7 Å². The first-order chi connectivity index (χ1) is 13.1. The van der Waals surface area contributed by atoms with Gasteiger partial charge in [-0.05, 0) is 31.7 Å². The number of hydrogen-bond donors (Lipinski definition) is 1. The first-order valence-electron chi connectivity index (χ1n) is 9.65. The van der Waals surface area contributed by atoms with Crippen LogP contribution in [0.2, 0.25) is 0 Å². The van der Waals surface area contributed by atoms with Gasteiger partial charge in [0.1, 0.15) is 4.88 Å². The van der Waals surface area contributed by atoms with Crippen LogP contribution < -0.4 is 5.32 Å². The minimum atomic E-state index is -0.105. The third kappa shape index (κ3) is 4.95. The number of carbonyl (C=O) groups excluding carboxylic acids is 2. The quantitative estimate of drug-likeness (QED) is 0.829. The lowest BCUT2D eigenvalue weighted by Gasteiger charge is -2.31. The van der Waals surface area contributed by atoms with Crippen molar-refractivity contribution in [2.75, 3.05) is 19.6 Å². The lowest BCUT2D eigenvalue weighted by Crippen LogP contribution is -2.45. The molecule has 27 heavy (non-hydrogen) atoms. The summed E-state index contributed by atoms with van der Waals surface area (Å²) in [5.74, 6) is -0.0243. The number of thiazole rings is 1. The summed E-state index contributed by atoms with van der Waals surface area (Å²) >= 11 is 1.48. The van der Waals surface area contributed by atoms with Gasteiger partial charge in [0, 0.05) is 26.1 Å². The molecule has 3 rings (SSSR count). The molecule has 0 aliphatic carbocycles. The van der Waals surface area contributed by atoms with Crippen molar-refractivity contribution in [3.8, 4) is 0 Å². The minimum absolute atomic E-state index is 0.0114. The van der Waals surface area contributed by atoms with E-state index in [0.29, 0.717) is 24.5 Å². The third-order valence-electron chi connectivity index (χ3n) is 4.86. The molecule has 1 fully saturated rings. The lowest BCUT2D eigenvalue weighted by atomic mass is 9.97. The van der Waals surface area contributed by atoms with Gasteiger partial charge in [0.05, 0.1) is 16.6 Å². The van der Waals surface area contributed by atoms with Crippen molar-refractivity contribution in [2.45, 2.75) is 39.5 Å². The van der Waals surface area contributed by atoms with Crippen molar-refractivity contribution < 1.29 is 9.59 Å². The number of rotatable bonds is 6.